The molecule has 3 rings (SSSR count). The fourth-order valence-electron chi connectivity index (χ4n) is 1.98. The van der Waals surface area contributed by atoms with Crippen LogP contribution in [-0.2, 0) is 16.3 Å². The monoisotopic (exact) mass is 291 g/mol. The maximum absolute atomic E-state index is 11.1. The standard InChI is InChI=1S/C9H10ClN3O2S2/c10-9-12-6-1-2-16-7(6)8(13-9)11-5-3-17(14,15)4-5/h5H,1-4H2,(H,11,12,13). The molecule has 0 spiro atoms. The topological polar surface area (TPSA) is 72.0 Å². The highest BCUT2D eigenvalue weighted by molar-refractivity contribution is 7.99. The number of hydrogen-bond donors (Lipinski definition) is 1. The van der Waals surface area contributed by atoms with E-state index >= 15 is 0 Å². The highest BCUT2D eigenvalue weighted by Crippen LogP contribution is 2.36. The number of sulfone groups is 1. The predicted octanol–water partition coefficient (Wildman–Crippen LogP) is 0.987. The molecular weight excluding hydrogens is 282 g/mol. The summed E-state index contributed by atoms with van der Waals surface area (Å²) in [6, 6.07) is -0.0451. The second-order valence-corrected chi connectivity index (χ2v) is 7.73. The van der Waals surface area contributed by atoms with Crippen LogP contribution in [0, 0.1) is 0 Å². The first-order chi connectivity index (χ1) is 8.03. The Morgan fingerprint density at radius 2 is 2.12 bits per heavy atom. The van der Waals surface area contributed by atoms with Crippen LogP contribution in [0.2, 0.25) is 5.28 Å². The minimum Gasteiger partial charge on any atom is -0.364 e. The van der Waals surface area contributed by atoms with Crippen LogP contribution in [0.1, 0.15) is 5.69 Å². The first kappa shape index (κ1) is 11.6. The zero-order chi connectivity index (χ0) is 12.0. The summed E-state index contributed by atoms with van der Waals surface area (Å²) in [4.78, 5) is 9.32. The van der Waals surface area contributed by atoms with Gasteiger partial charge in [-0.05, 0) is 11.6 Å². The van der Waals surface area contributed by atoms with Crippen molar-refractivity contribution in [2.24, 2.45) is 0 Å². The largest absolute Gasteiger partial charge is 0.364 e. The summed E-state index contributed by atoms with van der Waals surface area (Å²) in [5.41, 5.74) is 0.958. The van der Waals surface area contributed by atoms with E-state index < -0.39 is 9.84 Å². The number of anilines is 1. The van der Waals surface area contributed by atoms with Crippen LogP contribution in [-0.4, -0.2) is 41.7 Å². The van der Waals surface area contributed by atoms with E-state index in [-0.39, 0.29) is 22.8 Å². The van der Waals surface area contributed by atoms with E-state index in [2.05, 4.69) is 15.3 Å². The molecule has 1 N–H and O–H groups in total. The molecule has 0 saturated carbocycles. The highest BCUT2D eigenvalue weighted by atomic mass is 35.5. The number of halogens is 1. The van der Waals surface area contributed by atoms with Gasteiger partial charge in [0.25, 0.3) is 0 Å². The fourth-order valence-corrected chi connectivity index (χ4v) is 4.51. The molecule has 0 radical (unpaired) electrons. The molecule has 1 aromatic heterocycles. The zero-order valence-corrected chi connectivity index (χ0v) is 11.2. The van der Waals surface area contributed by atoms with Crippen molar-refractivity contribution < 1.29 is 8.42 Å². The number of aryl methyl sites for hydroxylation is 1. The Morgan fingerprint density at radius 3 is 2.82 bits per heavy atom. The van der Waals surface area contributed by atoms with Crippen molar-refractivity contribution in [1.29, 1.82) is 0 Å². The molecule has 2 aliphatic heterocycles. The molecule has 2 aliphatic rings. The van der Waals surface area contributed by atoms with E-state index in [1.165, 1.54) is 0 Å². The molecular formula is C9H10ClN3O2S2. The van der Waals surface area contributed by atoms with E-state index in [4.69, 9.17) is 11.6 Å². The molecule has 8 heteroatoms. The number of thioether (sulfide) groups is 1. The third-order valence-corrected chi connectivity index (χ3v) is 5.86. The number of nitrogens with one attached hydrogen (secondary N) is 1. The van der Waals surface area contributed by atoms with Gasteiger partial charge < -0.3 is 5.32 Å². The van der Waals surface area contributed by atoms with E-state index in [0.29, 0.717) is 5.82 Å². The van der Waals surface area contributed by atoms with Crippen molar-refractivity contribution >= 4 is 39.0 Å². The molecule has 0 aromatic carbocycles. The summed E-state index contributed by atoms with van der Waals surface area (Å²) in [6.45, 7) is 0. The summed E-state index contributed by atoms with van der Waals surface area (Å²) >= 11 is 7.52. The molecule has 1 fully saturated rings. The van der Waals surface area contributed by atoms with Gasteiger partial charge in [0, 0.05) is 12.2 Å². The second-order valence-electron chi connectivity index (χ2n) is 4.13. The molecule has 92 valence electrons. The zero-order valence-electron chi connectivity index (χ0n) is 8.81. The number of fused-ring (bicyclic) bond motifs is 1. The number of hydrogen-bond acceptors (Lipinski definition) is 6. The maximum atomic E-state index is 11.1. The lowest BCUT2D eigenvalue weighted by atomic mass is 10.3. The summed E-state index contributed by atoms with van der Waals surface area (Å²) in [5, 5.41) is 3.36. The Bertz CT molecular complexity index is 564. The molecule has 1 aromatic rings. The molecule has 0 atom stereocenters. The maximum Gasteiger partial charge on any atom is 0.224 e. The van der Waals surface area contributed by atoms with Crippen LogP contribution >= 0.6 is 23.4 Å². The molecule has 1 saturated heterocycles. The van der Waals surface area contributed by atoms with Gasteiger partial charge >= 0.3 is 0 Å². The van der Waals surface area contributed by atoms with E-state index in [9.17, 15) is 8.42 Å². The minimum atomic E-state index is -2.82. The summed E-state index contributed by atoms with van der Waals surface area (Å²) in [6.07, 6.45) is 0.889. The average Bonchev–Trinajstić information content (AvgIpc) is 2.62. The molecule has 17 heavy (non-hydrogen) atoms. The van der Waals surface area contributed by atoms with Gasteiger partial charge in [0.1, 0.15) is 5.82 Å². The molecule has 5 nitrogen and oxygen atoms in total. The third kappa shape index (κ3) is 2.23. The van der Waals surface area contributed by atoms with E-state index in [1.54, 1.807) is 11.8 Å². The Hall–Kier alpha value is -0.530. The minimum absolute atomic E-state index is 0.0451. The quantitative estimate of drug-likeness (QED) is 0.819. The predicted molar refractivity (Wildman–Crippen MR) is 67.5 cm³/mol. The molecule has 0 unspecified atom stereocenters. The van der Waals surface area contributed by atoms with Crippen molar-refractivity contribution in [3.63, 3.8) is 0 Å². The van der Waals surface area contributed by atoms with Crippen LogP contribution in [0.15, 0.2) is 4.90 Å². The van der Waals surface area contributed by atoms with Crippen LogP contribution in [0.4, 0.5) is 5.82 Å². The molecule has 0 bridgehead atoms. The van der Waals surface area contributed by atoms with Crippen molar-refractivity contribution in [1.82, 2.24) is 9.97 Å². The Labute approximate surface area is 108 Å². The average molecular weight is 292 g/mol. The Kier molecular flexibility index (Phi) is 2.72. The highest BCUT2D eigenvalue weighted by Gasteiger charge is 2.34. The van der Waals surface area contributed by atoms with Crippen molar-refractivity contribution in [2.45, 2.75) is 17.4 Å². The van der Waals surface area contributed by atoms with Crippen LogP contribution in [0.3, 0.4) is 0 Å². The van der Waals surface area contributed by atoms with E-state index in [1.807, 2.05) is 0 Å². The van der Waals surface area contributed by atoms with Gasteiger partial charge in [-0.25, -0.2) is 13.4 Å². The van der Waals surface area contributed by atoms with Gasteiger partial charge in [-0.2, -0.15) is 4.98 Å². The van der Waals surface area contributed by atoms with Gasteiger partial charge in [-0.3, -0.25) is 0 Å². The van der Waals surface area contributed by atoms with Crippen molar-refractivity contribution in [3.8, 4) is 0 Å². The van der Waals surface area contributed by atoms with Crippen LogP contribution < -0.4 is 5.32 Å². The lowest BCUT2D eigenvalue weighted by Gasteiger charge is -2.27. The smallest absolute Gasteiger partial charge is 0.224 e. The lowest BCUT2D eigenvalue weighted by molar-refractivity contribution is 0.570. The van der Waals surface area contributed by atoms with Crippen LogP contribution in [0.5, 0.6) is 0 Å². The van der Waals surface area contributed by atoms with Crippen LogP contribution in [0.25, 0.3) is 0 Å². The number of aromatic nitrogens is 2. The summed E-state index contributed by atoms with van der Waals surface area (Å²) < 4.78 is 22.2. The molecule has 3 heterocycles. The lowest BCUT2D eigenvalue weighted by Crippen LogP contribution is -2.46. The summed E-state index contributed by atoms with van der Waals surface area (Å²) in [7, 11) is -2.82. The van der Waals surface area contributed by atoms with Gasteiger partial charge in [0.2, 0.25) is 5.28 Å². The van der Waals surface area contributed by atoms with Gasteiger partial charge in [-0.1, -0.05) is 0 Å². The second kappa shape index (κ2) is 4.00. The number of rotatable bonds is 2. The SMILES string of the molecule is O=S1(=O)CC(Nc2nc(Cl)nc3c2SCC3)C1. The van der Waals surface area contributed by atoms with E-state index in [0.717, 1.165) is 22.8 Å². The Balaban J connectivity index is 1.84. The fraction of sp³-hybridized carbons (Fsp3) is 0.556. The number of nitrogens with zero attached hydrogens (tertiary/aromatic N) is 2. The van der Waals surface area contributed by atoms with Gasteiger partial charge in [0.15, 0.2) is 9.84 Å². The first-order valence-corrected chi connectivity index (χ1v) is 8.38. The Morgan fingerprint density at radius 1 is 1.35 bits per heavy atom. The van der Waals surface area contributed by atoms with Crippen molar-refractivity contribution in [3.05, 3.63) is 11.0 Å². The summed E-state index contributed by atoms with van der Waals surface area (Å²) in [5.74, 6) is 2.01. The first-order valence-electron chi connectivity index (χ1n) is 5.20. The van der Waals surface area contributed by atoms with Gasteiger partial charge in [-0.15, -0.1) is 11.8 Å². The normalized spacial score (nSPS) is 21.9. The van der Waals surface area contributed by atoms with Gasteiger partial charge in [0.05, 0.1) is 28.1 Å². The van der Waals surface area contributed by atoms with Crippen molar-refractivity contribution in [2.75, 3.05) is 22.6 Å². The third-order valence-electron chi connectivity index (χ3n) is 2.74. The molecule has 0 amide bonds. The molecule has 0 aliphatic carbocycles.